The highest BCUT2D eigenvalue weighted by atomic mass is 79.9. The third-order valence-electron chi connectivity index (χ3n) is 2.23. The quantitative estimate of drug-likeness (QED) is 0.829. The van der Waals surface area contributed by atoms with Crippen LogP contribution in [0.1, 0.15) is 18.5 Å². The van der Waals surface area contributed by atoms with E-state index in [1.165, 1.54) is 0 Å². The third-order valence-corrected chi connectivity index (χ3v) is 2.72. The fraction of sp³-hybridized carbons (Fsp3) is 0.333. The lowest BCUT2D eigenvalue weighted by Crippen LogP contribution is -2.13. The molecular weight excluding hydrogens is 254 g/mol. The zero-order chi connectivity index (χ0) is 11.3. The molecule has 0 aromatic heterocycles. The summed E-state index contributed by atoms with van der Waals surface area (Å²) in [6, 6.07) is 6.28. The highest BCUT2D eigenvalue weighted by molar-refractivity contribution is 9.10. The van der Waals surface area contributed by atoms with Crippen molar-refractivity contribution in [1.82, 2.24) is 5.32 Å². The van der Waals surface area contributed by atoms with Gasteiger partial charge in [-0.05, 0) is 32.2 Å². The molecule has 0 aliphatic carbocycles. The number of rotatable bonds is 5. The summed E-state index contributed by atoms with van der Waals surface area (Å²) in [7, 11) is 1.93. The number of benzene rings is 1. The van der Waals surface area contributed by atoms with Crippen molar-refractivity contribution in [1.29, 1.82) is 0 Å². The first kappa shape index (κ1) is 12.3. The Hall–Kier alpha value is -0.800. The lowest BCUT2D eigenvalue weighted by atomic mass is 10.1. The molecule has 0 radical (unpaired) electrons. The fourth-order valence-corrected chi connectivity index (χ4v) is 1.67. The van der Waals surface area contributed by atoms with Crippen LogP contribution in [0.15, 0.2) is 35.3 Å². The minimum Gasteiger partial charge on any atom is -0.489 e. The van der Waals surface area contributed by atoms with Gasteiger partial charge in [0.15, 0.2) is 0 Å². The van der Waals surface area contributed by atoms with Gasteiger partial charge in [0.25, 0.3) is 0 Å². The van der Waals surface area contributed by atoms with E-state index in [1.54, 1.807) is 6.08 Å². The molecule has 0 spiro atoms. The van der Waals surface area contributed by atoms with Gasteiger partial charge in [-0.1, -0.05) is 28.6 Å². The Bertz CT molecular complexity index is 338. The van der Waals surface area contributed by atoms with Crippen LogP contribution in [0.4, 0.5) is 0 Å². The van der Waals surface area contributed by atoms with Gasteiger partial charge < -0.3 is 10.1 Å². The van der Waals surface area contributed by atoms with Gasteiger partial charge in [-0.2, -0.15) is 0 Å². The summed E-state index contributed by atoms with van der Waals surface area (Å²) < 4.78 is 6.65. The summed E-state index contributed by atoms with van der Waals surface area (Å²) in [6.45, 7) is 6.27. The summed E-state index contributed by atoms with van der Waals surface area (Å²) in [5, 5.41) is 3.20. The molecule has 1 rings (SSSR count). The van der Waals surface area contributed by atoms with Crippen LogP contribution in [-0.2, 0) is 0 Å². The first-order valence-corrected chi connectivity index (χ1v) is 5.68. The van der Waals surface area contributed by atoms with Crippen LogP contribution in [0.2, 0.25) is 0 Å². The van der Waals surface area contributed by atoms with Crippen LogP contribution in [0.25, 0.3) is 0 Å². The molecular formula is C12H16BrNO. The molecule has 1 aromatic carbocycles. The lowest BCUT2D eigenvalue weighted by Gasteiger charge is -2.16. The van der Waals surface area contributed by atoms with Crippen molar-refractivity contribution in [2.75, 3.05) is 13.7 Å². The van der Waals surface area contributed by atoms with Crippen molar-refractivity contribution in [2.24, 2.45) is 0 Å². The third kappa shape index (κ3) is 3.36. The second-order valence-corrected chi connectivity index (χ2v) is 4.21. The molecule has 0 aliphatic heterocycles. The van der Waals surface area contributed by atoms with Crippen LogP contribution in [0.3, 0.4) is 0 Å². The van der Waals surface area contributed by atoms with E-state index < -0.39 is 0 Å². The van der Waals surface area contributed by atoms with Crippen molar-refractivity contribution >= 4 is 15.9 Å². The van der Waals surface area contributed by atoms with E-state index in [9.17, 15) is 0 Å². The van der Waals surface area contributed by atoms with Crippen LogP contribution < -0.4 is 10.1 Å². The number of hydrogen-bond donors (Lipinski definition) is 1. The second kappa shape index (κ2) is 5.93. The minimum atomic E-state index is 0.266. The van der Waals surface area contributed by atoms with Gasteiger partial charge in [0.2, 0.25) is 0 Å². The first-order chi connectivity index (χ1) is 7.19. The Morgan fingerprint density at radius 1 is 1.60 bits per heavy atom. The maximum Gasteiger partial charge on any atom is 0.124 e. The summed E-state index contributed by atoms with van der Waals surface area (Å²) in [5.74, 6) is 0.903. The van der Waals surface area contributed by atoms with E-state index in [0.29, 0.717) is 6.61 Å². The van der Waals surface area contributed by atoms with E-state index in [0.717, 1.165) is 15.8 Å². The predicted octanol–water partition coefficient (Wildman–Crippen LogP) is 3.29. The van der Waals surface area contributed by atoms with Crippen molar-refractivity contribution in [3.05, 3.63) is 40.9 Å². The summed E-state index contributed by atoms with van der Waals surface area (Å²) in [6.07, 6.45) is 1.75. The Morgan fingerprint density at radius 3 is 2.93 bits per heavy atom. The van der Waals surface area contributed by atoms with Gasteiger partial charge in [-0.3, -0.25) is 0 Å². The zero-order valence-corrected chi connectivity index (χ0v) is 10.7. The fourth-order valence-electron chi connectivity index (χ4n) is 1.29. The maximum absolute atomic E-state index is 5.59. The second-order valence-electron chi connectivity index (χ2n) is 3.29. The Kier molecular flexibility index (Phi) is 4.85. The molecule has 1 unspecified atom stereocenters. The highest BCUT2D eigenvalue weighted by Crippen LogP contribution is 2.28. The van der Waals surface area contributed by atoms with E-state index >= 15 is 0 Å². The molecule has 0 bridgehead atoms. The molecule has 3 heteroatoms. The summed E-state index contributed by atoms with van der Waals surface area (Å²) >= 11 is 3.46. The SMILES string of the molecule is C=CCOc1ccc(Br)cc1C(C)NC. The van der Waals surface area contributed by atoms with Gasteiger partial charge >= 0.3 is 0 Å². The summed E-state index contributed by atoms with van der Waals surface area (Å²) in [4.78, 5) is 0. The van der Waals surface area contributed by atoms with Crippen LogP contribution in [0.5, 0.6) is 5.75 Å². The number of ether oxygens (including phenoxy) is 1. The lowest BCUT2D eigenvalue weighted by molar-refractivity contribution is 0.355. The first-order valence-electron chi connectivity index (χ1n) is 4.89. The van der Waals surface area contributed by atoms with Gasteiger partial charge in [-0.25, -0.2) is 0 Å². The smallest absolute Gasteiger partial charge is 0.124 e. The molecule has 1 atom stereocenters. The predicted molar refractivity (Wildman–Crippen MR) is 67.3 cm³/mol. The molecule has 0 heterocycles. The van der Waals surface area contributed by atoms with Crippen LogP contribution >= 0.6 is 15.9 Å². The van der Waals surface area contributed by atoms with Crippen molar-refractivity contribution in [3.8, 4) is 5.75 Å². The van der Waals surface area contributed by atoms with Gasteiger partial charge in [-0.15, -0.1) is 0 Å². The molecule has 1 N–H and O–H groups in total. The number of halogens is 1. The van der Waals surface area contributed by atoms with Crippen molar-refractivity contribution in [2.45, 2.75) is 13.0 Å². The standard InChI is InChI=1S/C12H16BrNO/c1-4-7-15-12-6-5-10(13)8-11(12)9(2)14-3/h4-6,8-9,14H,1,7H2,2-3H3. The van der Waals surface area contributed by atoms with Gasteiger partial charge in [0.05, 0.1) is 0 Å². The highest BCUT2D eigenvalue weighted by Gasteiger charge is 2.10. The molecule has 0 fully saturated rings. The normalized spacial score (nSPS) is 12.2. The average Bonchev–Trinajstić information content (AvgIpc) is 2.26. The number of nitrogens with one attached hydrogen (secondary N) is 1. The van der Waals surface area contributed by atoms with Crippen LogP contribution in [-0.4, -0.2) is 13.7 Å². The summed E-state index contributed by atoms with van der Waals surface area (Å²) in [5.41, 5.74) is 1.15. The number of hydrogen-bond acceptors (Lipinski definition) is 2. The van der Waals surface area contributed by atoms with Gasteiger partial charge in [0.1, 0.15) is 12.4 Å². The Labute approximate surface area is 99.5 Å². The van der Waals surface area contributed by atoms with Crippen molar-refractivity contribution in [3.63, 3.8) is 0 Å². The molecule has 2 nitrogen and oxygen atoms in total. The van der Waals surface area contributed by atoms with Crippen molar-refractivity contribution < 1.29 is 4.74 Å². The van der Waals surface area contributed by atoms with E-state index in [1.807, 2.05) is 19.2 Å². The molecule has 1 aromatic rings. The Balaban J connectivity index is 2.97. The monoisotopic (exact) mass is 269 g/mol. The molecule has 0 saturated carbocycles. The van der Waals surface area contributed by atoms with E-state index in [-0.39, 0.29) is 6.04 Å². The maximum atomic E-state index is 5.59. The molecule has 0 amide bonds. The zero-order valence-electron chi connectivity index (χ0n) is 9.09. The average molecular weight is 270 g/mol. The minimum absolute atomic E-state index is 0.266. The topological polar surface area (TPSA) is 21.3 Å². The van der Waals surface area contributed by atoms with E-state index in [2.05, 4.69) is 40.8 Å². The largest absolute Gasteiger partial charge is 0.489 e. The van der Waals surface area contributed by atoms with Crippen LogP contribution in [0, 0.1) is 0 Å². The van der Waals surface area contributed by atoms with Gasteiger partial charge in [0, 0.05) is 16.1 Å². The molecule has 0 aliphatic rings. The molecule has 82 valence electrons. The Morgan fingerprint density at radius 2 is 2.33 bits per heavy atom. The molecule has 15 heavy (non-hydrogen) atoms. The van der Waals surface area contributed by atoms with E-state index in [4.69, 9.17) is 4.74 Å². The molecule has 0 saturated heterocycles.